The van der Waals surface area contributed by atoms with Gasteiger partial charge in [0, 0.05) is 49.9 Å². The average Bonchev–Trinajstić information content (AvgIpc) is 3.00. The van der Waals surface area contributed by atoms with Crippen LogP contribution in [0.15, 0.2) is 6.20 Å². The van der Waals surface area contributed by atoms with Crippen LogP contribution in [0.1, 0.15) is 30.5 Å². The van der Waals surface area contributed by atoms with Crippen LogP contribution in [-0.2, 0) is 18.4 Å². The molecular formula is C13H20N4O. The van der Waals surface area contributed by atoms with E-state index in [0.29, 0.717) is 24.4 Å². The van der Waals surface area contributed by atoms with Crippen molar-refractivity contribution in [3.63, 3.8) is 0 Å². The molecule has 1 N–H and O–H groups in total. The highest BCUT2D eigenvalue weighted by Crippen LogP contribution is 2.29. The lowest BCUT2D eigenvalue weighted by Gasteiger charge is -2.20. The molecule has 1 amide bonds. The molecule has 0 radical (unpaired) electrons. The summed E-state index contributed by atoms with van der Waals surface area (Å²) in [6.07, 6.45) is 4.87. The average molecular weight is 248 g/mol. The van der Waals surface area contributed by atoms with Gasteiger partial charge in [0.1, 0.15) is 0 Å². The second-order valence-electron chi connectivity index (χ2n) is 5.37. The second-order valence-corrected chi connectivity index (χ2v) is 5.37. The summed E-state index contributed by atoms with van der Waals surface area (Å²) in [6.45, 7) is 3.83. The van der Waals surface area contributed by atoms with Gasteiger partial charge >= 0.3 is 0 Å². The Bertz CT molecular complexity index is 468. The smallest absolute Gasteiger partial charge is 0.224 e. The number of hydrogen-bond acceptors (Lipinski definition) is 3. The topological polar surface area (TPSA) is 50.2 Å². The van der Waals surface area contributed by atoms with Crippen LogP contribution in [-0.4, -0.2) is 39.2 Å². The first-order chi connectivity index (χ1) is 8.66. The van der Waals surface area contributed by atoms with Crippen molar-refractivity contribution < 1.29 is 4.79 Å². The van der Waals surface area contributed by atoms with Crippen molar-refractivity contribution in [1.29, 1.82) is 0 Å². The highest BCUT2D eigenvalue weighted by Gasteiger charge is 2.41. The Morgan fingerprint density at radius 1 is 1.56 bits per heavy atom. The van der Waals surface area contributed by atoms with Crippen molar-refractivity contribution >= 4 is 5.91 Å². The maximum Gasteiger partial charge on any atom is 0.224 e. The van der Waals surface area contributed by atoms with Gasteiger partial charge < -0.3 is 10.2 Å². The van der Waals surface area contributed by atoms with Gasteiger partial charge in [-0.05, 0) is 19.8 Å². The molecule has 2 unspecified atom stereocenters. The monoisotopic (exact) mass is 248 g/mol. The number of nitrogens with zero attached hydrogens (tertiary/aromatic N) is 3. The lowest BCUT2D eigenvalue weighted by molar-refractivity contribution is -0.127. The van der Waals surface area contributed by atoms with Crippen LogP contribution in [0.25, 0.3) is 0 Å². The van der Waals surface area contributed by atoms with Gasteiger partial charge in [0.2, 0.25) is 5.91 Å². The van der Waals surface area contributed by atoms with Crippen LogP contribution in [0, 0.1) is 6.92 Å². The lowest BCUT2D eigenvalue weighted by Crippen LogP contribution is -2.39. The van der Waals surface area contributed by atoms with Crippen molar-refractivity contribution in [3.05, 3.63) is 17.5 Å². The fourth-order valence-corrected chi connectivity index (χ4v) is 3.13. The number of fused-ring (bicyclic) bond motifs is 1. The molecule has 5 heteroatoms. The van der Waals surface area contributed by atoms with Gasteiger partial charge in [-0.15, -0.1) is 0 Å². The van der Waals surface area contributed by atoms with Crippen LogP contribution < -0.4 is 5.32 Å². The van der Waals surface area contributed by atoms with Gasteiger partial charge in [-0.1, -0.05) is 0 Å². The highest BCUT2D eigenvalue weighted by molar-refractivity contribution is 5.80. The zero-order chi connectivity index (χ0) is 12.7. The summed E-state index contributed by atoms with van der Waals surface area (Å²) >= 11 is 0. The molecule has 0 aromatic carbocycles. The lowest BCUT2D eigenvalue weighted by atomic mass is 10.1. The number of carbonyl (C=O) groups excluding carboxylic acids is 1. The highest BCUT2D eigenvalue weighted by atomic mass is 16.2. The molecule has 1 aromatic heterocycles. The first-order valence-corrected chi connectivity index (χ1v) is 6.67. The molecule has 3 heterocycles. The van der Waals surface area contributed by atoms with Crippen LogP contribution in [0.3, 0.4) is 0 Å². The number of hydrogen-bond donors (Lipinski definition) is 1. The molecule has 2 fully saturated rings. The number of amides is 1. The Hall–Kier alpha value is -1.36. The Balaban J connectivity index is 1.64. The van der Waals surface area contributed by atoms with E-state index >= 15 is 0 Å². The quantitative estimate of drug-likeness (QED) is 0.851. The third-order valence-corrected chi connectivity index (χ3v) is 4.37. The van der Waals surface area contributed by atoms with E-state index < -0.39 is 0 Å². The Labute approximate surface area is 107 Å². The molecule has 2 aliphatic heterocycles. The summed E-state index contributed by atoms with van der Waals surface area (Å²) in [6, 6.07) is 0.745. The maximum absolute atomic E-state index is 11.8. The molecule has 0 spiro atoms. The molecule has 2 atom stereocenters. The van der Waals surface area contributed by atoms with Crippen molar-refractivity contribution in [3.8, 4) is 0 Å². The van der Waals surface area contributed by atoms with E-state index in [1.54, 1.807) is 0 Å². The van der Waals surface area contributed by atoms with E-state index in [1.807, 2.05) is 22.8 Å². The predicted molar refractivity (Wildman–Crippen MR) is 67.9 cm³/mol. The number of nitrogens with one attached hydrogen (secondary N) is 1. The van der Waals surface area contributed by atoms with Crippen LogP contribution in [0.5, 0.6) is 0 Å². The van der Waals surface area contributed by atoms with E-state index in [-0.39, 0.29) is 0 Å². The van der Waals surface area contributed by atoms with Gasteiger partial charge in [0.15, 0.2) is 0 Å². The first kappa shape index (κ1) is 11.7. The van der Waals surface area contributed by atoms with Gasteiger partial charge in [-0.25, -0.2) is 0 Å². The summed E-state index contributed by atoms with van der Waals surface area (Å²) in [5, 5.41) is 7.78. The number of aromatic nitrogens is 2. The Morgan fingerprint density at radius 3 is 3.11 bits per heavy atom. The summed E-state index contributed by atoms with van der Waals surface area (Å²) in [5.74, 6) is 0.318. The molecule has 0 saturated carbocycles. The molecule has 18 heavy (non-hydrogen) atoms. The van der Waals surface area contributed by atoms with Gasteiger partial charge in [-0.3, -0.25) is 9.48 Å². The van der Waals surface area contributed by atoms with Gasteiger partial charge in [-0.2, -0.15) is 5.10 Å². The Kier molecular flexibility index (Phi) is 2.86. The fourth-order valence-electron chi connectivity index (χ4n) is 3.13. The first-order valence-electron chi connectivity index (χ1n) is 6.67. The summed E-state index contributed by atoms with van der Waals surface area (Å²) in [7, 11) is 1.95. The number of carbonyl (C=O) groups is 1. The minimum Gasteiger partial charge on any atom is -0.338 e. The van der Waals surface area contributed by atoms with Gasteiger partial charge in [0.25, 0.3) is 0 Å². The standard InChI is InChI=1S/C13H20N4O/c1-9-10(8-15-16(9)2)7-14-11-6-13(18)17-5-3-4-12(11)17/h8,11-12,14H,3-7H2,1-2H3. The molecule has 0 aliphatic carbocycles. The molecular weight excluding hydrogens is 228 g/mol. The predicted octanol–water partition coefficient (Wildman–Crippen LogP) is 0.581. The van der Waals surface area contributed by atoms with E-state index in [9.17, 15) is 4.79 Å². The Morgan fingerprint density at radius 2 is 2.39 bits per heavy atom. The number of rotatable bonds is 3. The molecule has 2 aliphatic rings. The minimum absolute atomic E-state index is 0.318. The van der Waals surface area contributed by atoms with Crippen LogP contribution >= 0.6 is 0 Å². The minimum atomic E-state index is 0.318. The van der Waals surface area contributed by atoms with Crippen molar-refractivity contribution in [2.45, 2.75) is 44.8 Å². The fraction of sp³-hybridized carbons (Fsp3) is 0.692. The SMILES string of the molecule is Cc1c(CNC2CC(=O)N3CCCC23)cnn1C. The zero-order valence-electron chi connectivity index (χ0n) is 11.0. The summed E-state index contributed by atoms with van der Waals surface area (Å²) in [5.41, 5.74) is 2.41. The molecule has 2 saturated heterocycles. The second kappa shape index (κ2) is 4.39. The van der Waals surface area contributed by atoms with Gasteiger partial charge in [0.05, 0.1) is 6.20 Å². The third kappa shape index (κ3) is 1.82. The normalized spacial score (nSPS) is 27.0. The zero-order valence-corrected chi connectivity index (χ0v) is 11.0. The van der Waals surface area contributed by atoms with E-state index in [1.165, 1.54) is 11.3 Å². The van der Waals surface area contributed by atoms with Crippen molar-refractivity contribution in [2.24, 2.45) is 7.05 Å². The largest absolute Gasteiger partial charge is 0.338 e. The molecule has 98 valence electrons. The van der Waals surface area contributed by atoms with Crippen molar-refractivity contribution in [2.75, 3.05) is 6.54 Å². The number of aryl methyl sites for hydroxylation is 1. The third-order valence-electron chi connectivity index (χ3n) is 4.37. The summed E-state index contributed by atoms with van der Waals surface area (Å²) in [4.78, 5) is 13.9. The summed E-state index contributed by atoms with van der Waals surface area (Å²) < 4.78 is 1.89. The van der Waals surface area contributed by atoms with E-state index in [2.05, 4.69) is 17.3 Å². The van der Waals surface area contributed by atoms with Crippen molar-refractivity contribution in [1.82, 2.24) is 20.0 Å². The molecule has 5 nitrogen and oxygen atoms in total. The molecule has 3 rings (SSSR count). The maximum atomic E-state index is 11.8. The van der Waals surface area contributed by atoms with Crippen LogP contribution in [0.2, 0.25) is 0 Å². The van der Waals surface area contributed by atoms with E-state index in [4.69, 9.17) is 0 Å². The van der Waals surface area contributed by atoms with E-state index in [0.717, 1.165) is 25.9 Å². The molecule has 0 bridgehead atoms. The molecule has 1 aromatic rings. The van der Waals surface area contributed by atoms with Crippen LogP contribution in [0.4, 0.5) is 0 Å².